The van der Waals surface area contributed by atoms with E-state index in [1.807, 2.05) is 24.3 Å². The van der Waals surface area contributed by atoms with Crippen LogP contribution in [0.3, 0.4) is 0 Å². The van der Waals surface area contributed by atoms with E-state index in [0.29, 0.717) is 153 Å². The number of nitrogens with zero attached hydrogens (tertiary/aromatic N) is 8. The van der Waals surface area contributed by atoms with Gasteiger partial charge in [0.05, 0.1) is 76.1 Å². The molecule has 16 aromatic carbocycles. The van der Waals surface area contributed by atoms with Crippen LogP contribution in [0.2, 0.25) is 0 Å². The van der Waals surface area contributed by atoms with Gasteiger partial charge in [0.15, 0.2) is 22.2 Å². The van der Waals surface area contributed by atoms with Crippen LogP contribution in [0.5, 0.6) is 0 Å². The number of carbonyl (C=O) groups is 16. The molecule has 8 saturated heterocycles. The monoisotopic (exact) mass is 2030 g/mol. The number of amides is 16. The van der Waals surface area contributed by atoms with Crippen molar-refractivity contribution in [1.82, 2.24) is 0 Å². The smallest absolute Gasteiger partial charge is 0.398 e. The molecule has 8 aliphatic heterocycles. The first kappa shape index (κ1) is 96.6. The highest BCUT2D eigenvalue weighted by molar-refractivity contribution is 6.57. The van der Waals surface area contributed by atoms with Gasteiger partial charge in [-0.25, -0.2) is 39.2 Å². The van der Waals surface area contributed by atoms with Crippen LogP contribution < -0.4 is 85.1 Å². The lowest BCUT2D eigenvalue weighted by molar-refractivity contribution is -0.203. The normalized spacial score (nSPS) is 22.2. The maximum Gasteiger partial charge on any atom is 0.402 e. The van der Waals surface area contributed by atoms with Crippen LogP contribution in [-0.2, 0) is 76.7 Å². The predicted molar refractivity (Wildman–Crippen MR) is 562 cm³/mol. The first-order chi connectivity index (χ1) is 71.2. The average molecular weight is 2040 g/mol. The summed E-state index contributed by atoms with van der Waals surface area (Å²) >= 11 is 13.1. The summed E-state index contributed by atoms with van der Waals surface area (Å²) in [5, 5.41) is 5.47. The second kappa shape index (κ2) is 34.9. The fraction of sp³-hybridized carbons (Fsp3) is 0.143. The molecule has 0 bridgehead atoms. The SMILES string of the molecule is CC1C(=O)N(c2ccc(N)c3ccccc23)C(=O)C12C(=O)N(c1ccc(N)c3ccccc13)C(=O)[C@@H]2C.CC1C(=O)N(c2ccc(N)c3ccccc23)C(=O)[C@]12C(=O)N(c1ccc(N)c3ccccc13)C(=O)[C@@H]2C(F)(F)F.Nc1ccc(N2C(=O)C(Cl)C3(C2=O)C(=O)N(c2ccc(N)c4ccccc24)C(=O)[C@@H]3Cl)c2ccccc12.Nc1ccc(N2C(=O)CC3(CC(=O)N(c4ccc(N)c5ccccc45)C3=O)C2=O)c2ccccc12. The average Bonchev–Trinajstić information content (AvgIpc) is 1.53. The minimum Gasteiger partial charge on any atom is -0.398 e. The number of hydrogen-bond donors (Lipinski definition) is 8. The van der Waals surface area contributed by atoms with Gasteiger partial charge in [-0.15, -0.1) is 23.2 Å². The molecule has 37 heteroatoms. The molecule has 9 atom stereocenters. The van der Waals surface area contributed by atoms with Gasteiger partial charge in [-0.3, -0.25) is 76.7 Å². The van der Waals surface area contributed by atoms with Crippen molar-refractivity contribution >= 4 is 295 Å². The van der Waals surface area contributed by atoms with Gasteiger partial charge >= 0.3 is 6.18 Å². The zero-order valence-electron chi connectivity index (χ0n) is 78.7. The second-order valence-corrected chi connectivity index (χ2v) is 38.5. The van der Waals surface area contributed by atoms with Gasteiger partial charge < -0.3 is 45.9 Å². The lowest BCUT2D eigenvalue weighted by atomic mass is 9.69. The Bertz CT molecular complexity index is 8220. The van der Waals surface area contributed by atoms with E-state index in [-0.39, 0.29) is 46.7 Å². The lowest BCUT2D eigenvalue weighted by Gasteiger charge is -2.29. The summed E-state index contributed by atoms with van der Waals surface area (Å²) < 4.78 is 44.2. The van der Waals surface area contributed by atoms with E-state index in [4.69, 9.17) is 69.1 Å². The second-order valence-electron chi connectivity index (χ2n) is 37.6. The fourth-order valence-corrected chi connectivity index (χ4v) is 23.6. The van der Waals surface area contributed by atoms with E-state index >= 15 is 0 Å². The van der Waals surface area contributed by atoms with E-state index in [9.17, 15) is 89.9 Å². The van der Waals surface area contributed by atoms with Crippen LogP contribution >= 0.6 is 23.2 Å². The molecule has 32 nitrogen and oxygen atoms in total. The summed E-state index contributed by atoms with van der Waals surface area (Å²) in [6.07, 6.45) is -6.08. The summed E-state index contributed by atoms with van der Waals surface area (Å²) in [6.45, 7) is 4.17. The zero-order chi connectivity index (χ0) is 106. The number of nitrogens with two attached hydrogens (primary N) is 8. The van der Waals surface area contributed by atoms with Crippen LogP contribution in [0.15, 0.2) is 291 Å². The van der Waals surface area contributed by atoms with Crippen LogP contribution in [0.4, 0.5) is 104 Å². The lowest BCUT2D eigenvalue weighted by Crippen LogP contribution is -2.51. The maximum atomic E-state index is 14.7. The first-order valence-corrected chi connectivity index (χ1v) is 47.6. The van der Waals surface area contributed by atoms with E-state index < -0.39 is 157 Å². The van der Waals surface area contributed by atoms with Gasteiger partial charge in [0.25, 0.3) is 59.1 Å². The van der Waals surface area contributed by atoms with Crippen molar-refractivity contribution in [2.24, 2.45) is 45.3 Å². The molecular weight excluding hydrogens is 1950 g/mol. The molecule has 0 aromatic heterocycles. The third-order valence-corrected chi connectivity index (χ3v) is 31.2. The molecule has 24 rings (SSSR count). The Labute approximate surface area is 851 Å². The Morgan fingerprint density at radius 2 is 0.389 bits per heavy atom. The number of benzene rings is 16. The fourth-order valence-electron chi connectivity index (χ4n) is 22.7. The predicted octanol–water partition coefficient (Wildman–Crippen LogP) is 15.4. The molecule has 0 saturated carbocycles. The number of anilines is 16. The number of imide groups is 8. The number of alkyl halides is 5. The molecule has 742 valence electrons. The van der Waals surface area contributed by atoms with Crippen LogP contribution in [0.1, 0.15) is 33.6 Å². The summed E-state index contributed by atoms with van der Waals surface area (Å²) in [5.41, 5.74) is 44.8. The highest BCUT2D eigenvalue weighted by atomic mass is 35.5. The number of hydrogen-bond acceptors (Lipinski definition) is 24. The van der Waals surface area contributed by atoms with Crippen LogP contribution in [-0.4, -0.2) is 111 Å². The minimum atomic E-state index is -5.32. The van der Waals surface area contributed by atoms with Crippen molar-refractivity contribution < 1.29 is 89.9 Å². The summed E-state index contributed by atoms with van der Waals surface area (Å²) in [5.74, 6) is -21.0. The van der Waals surface area contributed by atoms with Gasteiger partial charge in [0.2, 0.25) is 35.4 Å². The third-order valence-electron chi connectivity index (χ3n) is 30.1. The van der Waals surface area contributed by atoms with Gasteiger partial charge in [0.1, 0.15) is 16.2 Å². The Balaban J connectivity index is 0.000000116. The molecule has 0 aliphatic carbocycles. The Morgan fingerprint density at radius 3 is 0.597 bits per heavy atom. The molecule has 0 radical (unpaired) electrons. The Hall–Kier alpha value is -18.5. The third kappa shape index (κ3) is 13.6. The highest BCUT2D eigenvalue weighted by Gasteiger charge is 2.81. The van der Waals surface area contributed by atoms with Crippen molar-refractivity contribution in [3.05, 3.63) is 291 Å². The molecule has 5 unspecified atom stereocenters. The molecule has 8 heterocycles. The number of fused-ring (bicyclic) bond motifs is 8. The van der Waals surface area contributed by atoms with Crippen LogP contribution in [0, 0.1) is 45.3 Å². The van der Waals surface area contributed by atoms with Gasteiger partial charge in [-0.1, -0.05) is 215 Å². The van der Waals surface area contributed by atoms with Crippen molar-refractivity contribution in [3.8, 4) is 0 Å². The number of nitrogen functional groups attached to an aromatic ring is 8. The van der Waals surface area contributed by atoms with Crippen LogP contribution in [0.25, 0.3) is 86.2 Å². The summed E-state index contributed by atoms with van der Waals surface area (Å²) in [4.78, 5) is 227. The number of halogens is 5. The highest BCUT2D eigenvalue weighted by Crippen LogP contribution is 2.61. The van der Waals surface area contributed by atoms with Gasteiger partial charge in [0, 0.05) is 132 Å². The Morgan fingerprint density at radius 1 is 0.221 bits per heavy atom. The molecule has 4 spiro atoms. The van der Waals surface area contributed by atoms with E-state index in [0.717, 1.165) is 36.3 Å². The van der Waals surface area contributed by atoms with E-state index in [1.54, 1.807) is 238 Å². The van der Waals surface area contributed by atoms with Gasteiger partial charge in [-0.2, -0.15) is 13.2 Å². The number of carbonyl (C=O) groups excluding carboxylic acids is 16. The van der Waals surface area contributed by atoms with Crippen molar-refractivity contribution in [2.75, 3.05) is 85.1 Å². The molecule has 16 aromatic rings. The summed E-state index contributed by atoms with van der Waals surface area (Å²) in [6, 6.07) is 79.8. The molecule has 16 N–H and O–H groups in total. The van der Waals surface area contributed by atoms with E-state index in [2.05, 4.69) is 0 Å². The topological polar surface area (TPSA) is 507 Å². The molecule has 16 amide bonds. The molecule has 8 aliphatic rings. The molecule has 149 heavy (non-hydrogen) atoms. The summed E-state index contributed by atoms with van der Waals surface area (Å²) in [7, 11) is 0. The standard InChI is InChI=1S/C29H21F3N4O4.C29H24N4O4.C27H18Cl2N4O4.C27H20N4O4/c1-14-24(37)35(21-12-10-19(33)15-6-2-4-8-17(15)21)26(39)28(14)23(29(30,31)32)25(38)36(27(28)40)22-13-11-20(34)16-7-3-5-9-18(16)22;1-15-25(34)32(23-13-11-21(30)17-7-3-5-9-19(17)23)27(36)29(15)16(2)26(35)33(28(29)37)24-14-12-22(31)18-8-4-6-10-20(18)24;28-21-23(34)32(19-11-9-17(30)13-5-1-3-7-15(13)19)25(36)27(21)22(29)24(35)33(26(27)37)20-12-10-18(31)14-6-2-4-8-16(14)20;28-19-9-11-21(17-7-3-1-5-15(17)19)30-23(32)13-27(25(30)34)14-24(33)31(26(27)35)22-12-10-20(29)16-6-2-4-8-18(16)22/h2-14,23H,33-34H2,1H3;3-16H,30-31H2,1-2H3;1-12,21-22H,30-31H2;1-12H,13-14,28-29H2/t14?,23-,28-;15-,16?,29?;21-,22?,27?;/m000./s1. The quantitative estimate of drug-likeness (QED) is 0.0303. The van der Waals surface area contributed by atoms with Crippen molar-refractivity contribution in [3.63, 3.8) is 0 Å². The van der Waals surface area contributed by atoms with E-state index in [1.165, 1.54) is 42.5 Å². The molecule has 8 fully saturated rings. The maximum absolute atomic E-state index is 14.7. The van der Waals surface area contributed by atoms with Gasteiger partial charge in [-0.05, 0) is 97.1 Å². The largest absolute Gasteiger partial charge is 0.402 e. The zero-order valence-corrected chi connectivity index (χ0v) is 80.2. The minimum absolute atomic E-state index is 0.0268. The molecular formula is C112H83Cl2F3N16O16. The number of rotatable bonds is 8. The Kier molecular flexibility index (Phi) is 22.6. The van der Waals surface area contributed by atoms with Crippen molar-refractivity contribution in [2.45, 2.75) is 50.5 Å². The van der Waals surface area contributed by atoms with Crippen molar-refractivity contribution in [1.29, 1.82) is 0 Å². The first-order valence-electron chi connectivity index (χ1n) is 46.7.